The van der Waals surface area contributed by atoms with Gasteiger partial charge in [-0.2, -0.15) is 0 Å². The van der Waals surface area contributed by atoms with Gasteiger partial charge in [-0.05, 0) is 30.5 Å². The van der Waals surface area contributed by atoms with E-state index in [1.54, 1.807) is 6.92 Å². The Morgan fingerprint density at radius 2 is 2.17 bits per heavy atom. The number of anilines is 1. The molecule has 1 N–H and O–H groups in total. The number of hydrogen-bond donors (Lipinski definition) is 1. The van der Waals surface area contributed by atoms with Crippen LogP contribution in [0.1, 0.15) is 6.92 Å². The molecule has 1 aromatic carbocycles. The van der Waals surface area contributed by atoms with Crippen molar-refractivity contribution >= 4 is 34.7 Å². The van der Waals surface area contributed by atoms with Crippen molar-refractivity contribution < 1.29 is 18.0 Å². The molecule has 0 aliphatic heterocycles. The van der Waals surface area contributed by atoms with Gasteiger partial charge in [0.2, 0.25) is 5.91 Å². The van der Waals surface area contributed by atoms with Gasteiger partial charge in [0.1, 0.15) is 11.6 Å². The van der Waals surface area contributed by atoms with Crippen LogP contribution in [0.5, 0.6) is 0 Å². The van der Waals surface area contributed by atoms with Crippen LogP contribution < -0.4 is 5.32 Å². The molecule has 0 aliphatic carbocycles. The van der Waals surface area contributed by atoms with Crippen molar-refractivity contribution in [2.75, 3.05) is 5.32 Å². The highest BCUT2D eigenvalue weighted by molar-refractivity contribution is 8.00. The third kappa shape index (κ3) is 3.80. The van der Waals surface area contributed by atoms with Crippen LogP contribution in [0.2, 0.25) is 0 Å². The largest absolute Gasteiger partial charge is 0.410 e. The van der Waals surface area contributed by atoms with E-state index in [-0.39, 0.29) is 10.9 Å². The Kier molecular flexibility index (Phi) is 4.91. The third-order valence-corrected chi connectivity index (χ3v) is 4.76. The molecule has 1 atom stereocenters. The lowest BCUT2D eigenvalue weighted by Crippen LogP contribution is -2.23. The lowest BCUT2D eigenvalue weighted by atomic mass is 10.3. The quantitative estimate of drug-likeness (QED) is 0.685. The minimum Gasteiger partial charge on any atom is -0.410 e. The summed E-state index contributed by atoms with van der Waals surface area (Å²) in [5, 5.41) is 11.6. The SMILES string of the molecule is C[C@H](Sc1nnc(-c2cccs2)o1)C(=O)Nc1cc(F)ccc1F. The number of aromatic nitrogens is 2. The predicted octanol–water partition coefficient (Wildman–Crippen LogP) is 4.20. The highest BCUT2D eigenvalue weighted by Crippen LogP contribution is 2.29. The summed E-state index contributed by atoms with van der Waals surface area (Å²) in [6.45, 7) is 1.60. The zero-order valence-corrected chi connectivity index (χ0v) is 14.0. The van der Waals surface area contributed by atoms with Crippen molar-refractivity contribution in [2.45, 2.75) is 17.4 Å². The number of thioether (sulfide) groups is 1. The van der Waals surface area contributed by atoms with Crippen LogP contribution in [0.15, 0.2) is 45.4 Å². The normalized spacial score (nSPS) is 12.1. The van der Waals surface area contributed by atoms with Crippen LogP contribution in [0.25, 0.3) is 10.8 Å². The summed E-state index contributed by atoms with van der Waals surface area (Å²) in [6, 6.07) is 6.56. The molecule has 5 nitrogen and oxygen atoms in total. The van der Waals surface area contributed by atoms with Crippen LogP contribution in [0.4, 0.5) is 14.5 Å². The van der Waals surface area contributed by atoms with Crippen molar-refractivity contribution in [3.05, 3.63) is 47.3 Å². The zero-order chi connectivity index (χ0) is 17.1. The summed E-state index contributed by atoms with van der Waals surface area (Å²) in [5.74, 6) is -1.47. The molecule has 0 saturated heterocycles. The molecule has 0 spiro atoms. The topological polar surface area (TPSA) is 68.0 Å². The number of halogens is 2. The lowest BCUT2D eigenvalue weighted by molar-refractivity contribution is -0.115. The molecule has 0 saturated carbocycles. The van der Waals surface area contributed by atoms with Gasteiger partial charge in [0, 0.05) is 6.07 Å². The smallest absolute Gasteiger partial charge is 0.277 e. The molecule has 0 unspecified atom stereocenters. The third-order valence-electron chi connectivity index (χ3n) is 2.97. The summed E-state index contributed by atoms with van der Waals surface area (Å²) >= 11 is 2.49. The molecule has 3 rings (SSSR count). The van der Waals surface area contributed by atoms with Gasteiger partial charge in [-0.1, -0.05) is 17.8 Å². The highest BCUT2D eigenvalue weighted by atomic mass is 32.2. The van der Waals surface area contributed by atoms with Gasteiger partial charge >= 0.3 is 0 Å². The number of carbonyl (C=O) groups excluding carboxylic acids is 1. The summed E-state index contributed by atoms with van der Waals surface area (Å²) < 4.78 is 32.2. The van der Waals surface area contributed by atoms with Crippen LogP contribution in [0.3, 0.4) is 0 Å². The second kappa shape index (κ2) is 7.10. The Balaban J connectivity index is 1.65. The van der Waals surface area contributed by atoms with Crippen LogP contribution in [0, 0.1) is 11.6 Å². The second-order valence-corrected chi connectivity index (χ2v) is 6.96. The van der Waals surface area contributed by atoms with Crippen molar-refractivity contribution in [3.8, 4) is 10.8 Å². The first kappa shape index (κ1) is 16.6. The van der Waals surface area contributed by atoms with Crippen LogP contribution in [-0.2, 0) is 4.79 Å². The molecule has 24 heavy (non-hydrogen) atoms. The number of hydrogen-bond acceptors (Lipinski definition) is 6. The molecular weight excluding hydrogens is 356 g/mol. The van der Waals surface area contributed by atoms with E-state index in [1.165, 1.54) is 11.3 Å². The molecule has 9 heteroatoms. The zero-order valence-electron chi connectivity index (χ0n) is 12.3. The van der Waals surface area contributed by atoms with E-state index < -0.39 is 22.8 Å². The molecule has 3 aromatic rings. The molecule has 0 aliphatic rings. The Morgan fingerprint density at radius 3 is 2.92 bits per heavy atom. The Labute approximate surface area is 144 Å². The van der Waals surface area contributed by atoms with Gasteiger partial charge < -0.3 is 9.73 Å². The molecule has 1 amide bonds. The van der Waals surface area contributed by atoms with Crippen molar-refractivity contribution in [1.82, 2.24) is 10.2 Å². The number of benzene rings is 1. The Hall–Kier alpha value is -2.26. The fourth-order valence-corrected chi connectivity index (χ4v) is 3.12. The van der Waals surface area contributed by atoms with Gasteiger partial charge in [0.05, 0.1) is 15.8 Å². The Morgan fingerprint density at radius 1 is 1.33 bits per heavy atom. The van der Waals surface area contributed by atoms with Crippen molar-refractivity contribution in [2.24, 2.45) is 0 Å². The Bertz CT molecular complexity index is 852. The van der Waals surface area contributed by atoms with E-state index >= 15 is 0 Å². The van der Waals surface area contributed by atoms with E-state index in [1.807, 2.05) is 17.5 Å². The second-order valence-electron chi connectivity index (χ2n) is 4.72. The number of rotatable bonds is 5. The lowest BCUT2D eigenvalue weighted by Gasteiger charge is -2.10. The van der Waals surface area contributed by atoms with Crippen LogP contribution in [-0.4, -0.2) is 21.4 Å². The average Bonchev–Trinajstić information content (AvgIpc) is 3.21. The highest BCUT2D eigenvalue weighted by Gasteiger charge is 2.20. The minimum atomic E-state index is -0.709. The first-order valence-corrected chi connectivity index (χ1v) is 8.59. The number of thiophene rings is 1. The number of amides is 1. The summed E-state index contributed by atoms with van der Waals surface area (Å²) in [6.07, 6.45) is 0. The maximum absolute atomic E-state index is 13.6. The maximum atomic E-state index is 13.6. The molecule has 2 aromatic heterocycles. The van der Waals surface area contributed by atoms with Gasteiger partial charge in [-0.15, -0.1) is 21.5 Å². The molecule has 0 fully saturated rings. The number of carbonyl (C=O) groups is 1. The van der Waals surface area contributed by atoms with Crippen molar-refractivity contribution in [1.29, 1.82) is 0 Å². The van der Waals surface area contributed by atoms with E-state index in [4.69, 9.17) is 4.42 Å². The van der Waals surface area contributed by atoms with E-state index in [9.17, 15) is 13.6 Å². The van der Waals surface area contributed by atoms with E-state index in [0.717, 1.165) is 34.8 Å². The molecule has 124 valence electrons. The molecular formula is C15H11F2N3O2S2. The predicted molar refractivity (Wildman–Crippen MR) is 87.9 cm³/mol. The summed E-state index contributed by atoms with van der Waals surface area (Å²) in [5.41, 5.74) is -0.211. The first-order chi connectivity index (χ1) is 11.5. The number of nitrogens with one attached hydrogen (secondary N) is 1. The summed E-state index contributed by atoms with van der Waals surface area (Å²) in [4.78, 5) is 12.9. The minimum absolute atomic E-state index is 0.211. The molecule has 0 radical (unpaired) electrons. The van der Waals surface area contributed by atoms with Crippen molar-refractivity contribution in [3.63, 3.8) is 0 Å². The van der Waals surface area contributed by atoms with Gasteiger partial charge in [-0.25, -0.2) is 8.78 Å². The first-order valence-electron chi connectivity index (χ1n) is 6.83. The number of nitrogens with zero attached hydrogens (tertiary/aromatic N) is 2. The standard InChI is InChI=1S/C15H11F2N3O2S2/c1-8(13(21)18-11-7-9(16)4-5-10(11)17)24-15-20-19-14(22-15)12-3-2-6-23-12/h2-8H,1H3,(H,18,21)/t8-/m0/s1. The van der Waals surface area contributed by atoms with Gasteiger partial charge in [0.15, 0.2) is 0 Å². The average molecular weight is 367 g/mol. The maximum Gasteiger partial charge on any atom is 0.277 e. The van der Waals surface area contributed by atoms with Gasteiger partial charge in [-0.3, -0.25) is 4.79 Å². The molecule has 0 bridgehead atoms. The fourth-order valence-electron chi connectivity index (χ4n) is 1.79. The van der Waals surface area contributed by atoms with Crippen LogP contribution >= 0.6 is 23.1 Å². The summed E-state index contributed by atoms with van der Waals surface area (Å²) in [7, 11) is 0. The van der Waals surface area contributed by atoms with E-state index in [0.29, 0.717) is 5.89 Å². The molecule has 2 heterocycles. The monoisotopic (exact) mass is 367 g/mol. The fraction of sp³-hybridized carbons (Fsp3) is 0.133. The van der Waals surface area contributed by atoms with Gasteiger partial charge in [0.25, 0.3) is 11.1 Å². The van der Waals surface area contributed by atoms with E-state index in [2.05, 4.69) is 15.5 Å².